The Kier molecular flexibility index (Phi) is 2.52. The highest BCUT2D eigenvalue weighted by molar-refractivity contribution is 5.68. The van der Waals surface area contributed by atoms with Gasteiger partial charge in [-0.25, -0.2) is 4.98 Å². The van der Waals surface area contributed by atoms with Crippen molar-refractivity contribution in [3.05, 3.63) is 54.4 Å². The van der Waals surface area contributed by atoms with Crippen molar-refractivity contribution >= 4 is 5.65 Å². The highest BCUT2D eigenvalue weighted by atomic mass is 16.5. The first-order valence-electron chi connectivity index (χ1n) is 5.87. The number of imidazole rings is 1. The third kappa shape index (κ3) is 1.64. The minimum atomic E-state index is 0.789. The number of aryl methyl sites for hydroxylation is 1. The standard InChI is InChI=1S/C15H14N2O/c1-11-6-3-4-7-12(11)13-10-17-9-5-8-14(18-2)15(17)16-13/h3-10H,1-2H3. The molecule has 0 aliphatic carbocycles. The minimum absolute atomic E-state index is 0.789. The van der Waals surface area contributed by atoms with Crippen LogP contribution in [0, 0.1) is 6.92 Å². The summed E-state index contributed by atoms with van der Waals surface area (Å²) in [5, 5.41) is 0. The maximum Gasteiger partial charge on any atom is 0.180 e. The molecule has 1 aromatic carbocycles. The van der Waals surface area contributed by atoms with Crippen LogP contribution in [0.15, 0.2) is 48.8 Å². The van der Waals surface area contributed by atoms with Gasteiger partial charge in [-0.05, 0) is 24.6 Å². The number of hydrogen-bond donors (Lipinski definition) is 0. The van der Waals surface area contributed by atoms with Crippen LogP contribution >= 0.6 is 0 Å². The molecule has 3 rings (SSSR count). The van der Waals surface area contributed by atoms with E-state index in [4.69, 9.17) is 4.74 Å². The highest BCUT2D eigenvalue weighted by Crippen LogP contribution is 2.26. The van der Waals surface area contributed by atoms with Gasteiger partial charge >= 0.3 is 0 Å². The van der Waals surface area contributed by atoms with Crippen molar-refractivity contribution in [2.45, 2.75) is 6.92 Å². The number of fused-ring (bicyclic) bond motifs is 1. The first-order chi connectivity index (χ1) is 8.79. The molecule has 0 bridgehead atoms. The van der Waals surface area contributed by atoms with Crippen molar-refractivity contribution in [1.82, 2.24) is 9.38 Å². The third-order valence-corrected chi connectivity index (χ3v) is 3.09. The van der Waals surface area contributed by atoms with Crippen LogP contribution in [0.1, 0.15) is 5.56 Å². The van der Waals surface area contributed by atoms with Crippen molar-refractivity contribution in [2.75, 3.05) is 7.11 Å². The molecule has 0 saturated heterocycles. The van der Waals surface area contributed by atoms with Crippen LogP contribution in [0.25, 0.3) is 16.9 Å². The van der Waals surface area contributed by atoms with Gasteiger partial charge in [-0.1, -0.05) is 24.3 Å². The summed E-state index contributed by atoms with van der Waals surface area (Å²) in [6, 6.07) is 12.1. The molecule has 0 radical (unpaired) electrons. The number of rotatable bonds is 2. The average molecular weight is 238 g/mol. The summed E-state index contributed by atoms with van der Waals surface area (Å²) in [6.45, 7) is 2.09. The first-order valence-corrected chi connectivity index (χ1v) is 5.87. The molecular formula is C15H14N2O. The maximum atomic E-state index is 5.32. The fraction of sp³-hybridized carbons (Fsp3) is 0.133. The van der Waals surface area contributed by atoms with E-state index in [9.17, 15) is 0 Å². The van der Waals surface area contributed by atoms with Gasteiger partial charge in [0.2, 0.25) is 0 Å². The Morgan fingerprint density at radius 3 is 2.72 bits per heavy atom. The van der Waals surface area contributed by atoms with E-state index in [0.29, 0.717) is 0 Å². The molecule has 18 heavy (non-hydrogen) atoms. The fourth-order valence-electron chi connectivity index (χ4n) is 2.14. The van der Waals surface area contributed by atoms with Gasteiger partial charge in [0.25, 0.3) is 0 Å². The Bertz CT molecular complexity index is 701. The second kappa shape index (κ2) is 4.18. The zero-order valence-corrected chi connectivity index (χ0v) is 10.4. The highest BCUT2D eigenvalue weighted by Gasteiger charge is 2.09. The van der Waals surface area contributed by atoms with Gasteiger partial charge in [-0.3, -0.25) is 0 Å². The van der Waals surface area contributed by atoms with E-state index in [1.165, 1.54) is 5.56 Å². The predicted octanol–water partition coefficient (Wildman–Crippen LogP) is 3.32. The Hall–Kier alpha value is -2.29. The molecule has 3 aromatic rings. The topological polar surface area (TPSA) is 26.5 Å². The van der Waals surface area contributed by atoms with Crippen molar-refractivity contribution in [3.63, 3.8) is 0 Å². The third-order valence-electron chi connectivity index (χ3n) is 3.09. The summed E-state index contributed by atoms with van der Waals surface area (Å²) in [6.07, 6.45) is 4.01. The van der Waals surface area contributed by atoms with E-state index in [-0.39, 0.29) is 0 Å². The lowest BCUT2D eigenvalue weighted by molar-refractivity contribution is 0.417. The summed E-state index contributed by atoms with van der Waals surface area (Å²) >= 11 is 0. The van der Waals surface area contributed by atoms with Gasteiger partial charge in [-0.2, -0.15) is 0 Å². The van der Waals surface area contributed by atoms with Gasteiger partial charge in [0.15, 0.2) is 11.4 Å². The van der Waals surface area contributed by atoms with Crippen LogP contribution < -0.4 is 4.74 Å². The molecule has 0 atom stereocenters. The van der Waals surface area contributed by atoms with Crippen molar-refractivity contribution < 1.29 is 4.74 Å². The normalized spacial score (nSPS) is 10.8. The fourth-order valence-corrected chi connectivity index (χ4v) is 2.14. The van der Waals surface area contributed by atoms with Crippen LogP contribution in [0.2, 0.25) is 0 Å². The van der Waals surface area contributed by atoms with E-state index < -0.39 is 0 Å². The molecule has 0 fully saturated rings. The van der Waals surface area contributed by atoms with E-state index in [1.54, 1.807) is 7.11 Å². The Balaban J connectivity index is 2.23. The summed E-state index contributed by atoms with van der Waals surface area (Å²) < 4.78 is 7.31. The number of methoxy groups -OCH3 is 1. The molecule has 0 aliphatic heterocycles. The predicted molar refractivity (Wildman–Crippen MR) is 71.9 cm³/mol. The van der Waals surface area contributed by atoms with Crippen molar-refractivity contribution in [3.8, 4) is 17.0 Å². The number of benzene rings is 1. The molecule has 0 spiro atoms. The second-order valence-electron chi connectivity index (χ2n) is 4.25. The van der Waals surface area contributed by atoms with Gasteiger partial charge in [0.05, 0.1) is 12.8 Å². The van der Waals surface area contributed by atoms with Crippen LogP contribution in [0.3, 0.4) is 0 Å². The lowest BCUT2D eigenvalue weighted by atomic mass is 10.1. The number of hydrogen-bond acceptors (Lipinski definition) is 2. The molecule has 0 N–H and O–H groups in total. The van der Waals surface area contributed by atoms with E-state index in [2.05, 4.69) is 24.0 Å². The van der Waals surface area contributed by atoms with Crippen LogP contribution in [-0.4, -0.2) is 16.5 Å². The van der Waals surface area contributed by atoms with Crippen LogP contribution in [-0.2, 0) is 0 Å². The first kappa shape index (κ1) is 10.8. The zero-order valence-electron chi connectivity index (χ0n) is 10.4. The van der Waals surface area contributed by atoms with Gasteiger partial charge in [0.1, 0.15) is 0 Å². The quantitative estimate of drug-likeness (QED) is 0.684. The number of nitrogens with zero attached hydrogens (tertiary/aromatic N) is 2. The molecule has 0 amide bonds. The number of aromatic nitrogens is 2. The number of ether oxygens (including phenoxy) is 1. The Morgan fingerprint density at radius 1 is 1.11 bits per heavy atom. The molecule has 3 nitrogen and oxygen atoms in total. The molecule has 2 aromatic heterocycles. The molecule has 0 unspecified atom stereocenters. The van der Waals surface area contributed by atoms with Crippen LogP contribution in [0.4, 0.5) is 0 Å². The zero-order chi connectivity index (χ0) is 12.5. The monoisotopic (exact) mass is 238 g/mol. The molecule has 3 heteroatoms. The van der Waals surface area contributed by atoms with Gasteiger partial charge in [0, 0.05) is 18.0 Å². The molecule has 2 heterocycles. The molecular weight excluding hydrogens is 224 g/mol. The summed E-state index contributed by atoms with van der Waals surface area (Å²) in [5.74, 6) is 0.789. The average Bonchev–Trinajstić information content (AvgIpc) is 2.82. The van der Waals surface area contributed by atoms with E-state index >= 15 is 0 Å². The largest absolute Gasteiger partial charge is 0.493 e. The molecule has 90 valence electrons. The van der Waals surface area contributed by atoms with Crippen LogP contribution in [0.5, 0.6) is 5.75 Å². The van der Waals surface area contributed by atoms with E-state index in [0.717, 1.165) is 22.7 Å². The SMILES string of the molecule is COc1cccn2cc(-c3ccccc3C)nc12. The lowest BCUT2D eigenvalue weighted by Gasteiger charge is -2.00. The van der Waals surface area contributed by atoms with Gasteiger partial charge < -0.3 is 9.14 Å². The Morgan fingerprint density at radius 2 is 1.94 bits per heavy atom. The summed E-state index contributed by atoms with van der Waals surface area (Å²) in [7, 11) is 1.66. The Labute approximate surface area is 106 Å². The van der Waals surface area contributed by atoms with Gasteiger partial charge in [-0.15, -0.1) is 0 Å². The van der Waals surface area contributed by atoms with Crippen molar-refractivity contribution in [2.24, 2.45) is 0 Å². The minimum Gasteiger partial charge on any atom is -0.493 e. The van der Waals surface area contributed by atoms with E-state index in [1.807, 2.05) is 41.1 Å². The van der Waals surface area contributed by atoms with Crippen molar-refractivity contribution in [1.29, 1.82) is 0 Å². The smallest absolute Gasteiger partial charge is 0.180 e. The second-order valence-corrected chi connectivity index (χ2v) is 4.25. The summed E-state index contributed by atoms with van der Waals surface area (Å²) in [4.78, 5) is 4.65. The molecule has 0 saturated carbocycles. The lowest BCUT2D eigenvalue weighted by Crippen LogP contribution is -1.88. The number of pyridine rings is 1. The summed E-state index contributed by atoms with van der Waals surface area (Å²) in [5.41, 5.74) is 4.19. The maximum absolute atomic E-state index is 5.32. The molecule has 0 aliphatic rings.